The first-order valence-corrected chi connectivity index (χ1v) is 9.97. The molecule has 21 heavy (non-hydrogen) atoms. The van der Waals surface area contributed by atoms with Gasteiger partial charge in [-0.15, -0.1) is 5.10 Å². The number of benzene rings is 1. The number of rotatable bonds is 6. The number of carbonyl (C=O) groups is 1. The molecule has 0 atom stereocenters. The lowest BCUT2D eigenvalue weighted by Crippen LogP contribution is -2.41. The Morgan fingerprint density at radius 1 is 1.29 bits per heavy atom. The van der Waals surface area contributed by atoms with Crippen LogP contribution in [-0.2, 0) is 4.79 Å². The Balaban J connectivity index is 2.66. The van der Waals surface area contributed by atoms with Crippen LogP contribution >= 0.6 is 0 Å². The Morgan fingerprint density at radius 3 is 2.43 bits per heavy atom. The van der Waals surface area contributed by atoms with E-state index in [0.29, 0.717) is 6.42 Å². The fraction of sp³-hybridized carbons (Fsp3) is 0.357. The minimum atomic E-state index is -1.56. The first-order valence-electron chi connectivity index (χ1n) is 6.76. The van der Waals surface area contributed by atoms with Crippen molar-refractivity contribution in [1.29, 1.82) is 0 Å². The average molecular weight is 306 g/mol. The van der Waals surface area contributed by atoms with Crippen LogP contribution in [0, 0.1) is 0 Å². The van der Waals surface area contributed by atoms with Crippen LogP contribution in [0.1, 0.15) is 12.8 Å². The molecule has 0 amide bonds. The molecule has 1 rings (SSSR count). The smallest absolute Gasteiger partial charge is 0.350 e. The monoisotopic (exact) mass is 306 g/mol. The van der Waals surface area contributed by atoms with Crippen molar-refractivity contribution < 1.29 is 9.90 Å². The Morgan fingerprint density at radius 2 is 1.90 bits per heavy atom. The molecule has 0 aliphatic carbocycles. The average Bonchev–Trinajstić information content (AvgIpc) is 2.46. The number of aliphatic carboxylic acids is 1. The van der Waals surface area contributed by atoms with Gasteiger partial charge in [0.25, 0.3) is 0 Å². The van der Waals surface area contributed by atoms with Crippen LogP contribution in [-0.4, -0.2) is 30.8 Å². The third-order valence-electron chi connectivity index (χ3n) is 3.40. The predicted octanol–water partition coefficient (Wildman–Crippen LogP) is 1.10. The first kappa shape index (κ1) is 16.9. The van der Waals surface area contributed by atoms with Crippen molar-refractivity contribution in [3.8, 4) is 0 Å². The van der Waals surface area contributed by atoms with Crippen LogP contribution in [0.5, 0.6) is 0 Å². The van der Waals surface area contributed by atoms with E-state index in [0.717, 1.165) is 12.5 Å². The molecule has 0 spiro atoms. The van der Waals surface area contributed by atoms with E-state index in [1.54, 1.807) is 0 Å². The zero-order valence-corrected chi connectivity index (χ0v) is 13.4. The largest absolute Gasteiger partial charge is 0.477 e. The molecular formula is C14H22N4O2Si. The molecule has 6 nitrogen and oxygen atoms in total. The second kappa shape index (κ2) is 7.58. The quantitative estimate of drug-likeness (QED) is 0.240. The standard InChI is InChI=1S/C14H22N4O2Si/c1-21(2,11-7-4-3-5-8-11)10-6-9-12(13(19)20)17-14(15)18-16/h3-5,7-8H,6,9-10,16H2,1-2H3,(H2,15,18)(H,19,20). The minimum Gasteiger partial charge on any atom is -0.477 e. The molecule has 1 aromatic carbocycles. The van der Waals surface area contributed by atoms with Gasteiger partial charge in [0, 0.05) is 0 Å². The zero-order chi connectivity index (χ0) is 15.9. The number of nitrogens with zero attached hydrogens (tertiary/aromatic N) is 2. The maximum Gasteiger partial charge on any atom is 0.350 e. The summed E-state index contributed by atoms with van der Waals surface area (Å²) >= 11 is 0. The van der Waals surface area contributed by atoms with Crippen molar-refractivity contribution in [2.75, 3.05) is 0 Å². The van der Waals surface area contributed by atoms with E-state index >= 15 is 0 Å². The van der Waals surface area contributed by atoms with Crippen LogP contribution in [0.15, 0.2) is 40.4 Å². The van der Waals surface area contributed by atoms with Gasteiger partial charge >= 0.3 is 5.97 Å². The van der Waals surface area contributed by atoms with Gasteiger partial charge in [-0.2, -0.15) is 0 Å². The van der Waals surface area contributed by atoms with E-state index in [-0.39, 0.29) is 11.7 Å². The Hall–Kier alpha value is -2.15. The van der Waals surface area contributed by atoms with Crippen molar-refractivity contribution in [1.82, 2.24) is 0 Å². The molecule has 1 aromatic rings. The summed E-state index contributed by atoms with van der Waals surface area (Å²) in [4.78, 5) is 14.8. The molecule has 114 valence electrons. The van der Waals surface area contributed by atoms with Crippen LogP contribution in [0.4, 0.5) is 0 Å². The summed E-state index contributed by atoms with van der Waals surface area (Å²) in [6.07, 6.45) is 1.10. The van der Waals surface area contributed by atoms with Gasteiger partial charge in [0.05, 0.1) is 8.07 Å². The van der Waals surface area contributed by atoms with Crippen molar-refractivity contribution in [3.63, 3.8) is 0 Å². The number of guanidine groups is 1. The highest BCUT2D eigenvalue weighted by molar-refractivity contribution is 6.89. The van der Waals surface area contributed by atoms with E-state index in [1.807, 2.05) is 18.2 Å². The summed E-state index contributed by atoms with van der Waals surface area (Å²) in [6.45, 7) is 4.55. The summed E-state index contributed by atoms with van der Waals surface area (Å²) in [5.74, 6) is 3.67. The number of aliphatic imine (C=N–C) groups is 1. The van der Waals surface area contributed by atoms with Crippen LogP contribution < -0.4 is 16.8 Å². The normalized spacial score (nSPS) is 13.2. The second-order valence-electron chi connectivity index (χ2n) is 5.45. The summed E-state index contributed by atoms with van der Waals surface area (Å²) in [6, 6.07) is 11.3. The second-order valence-corrected chi connectivity index (χ2v) is 10.3. The first-order chi connectivity index (χ1) is 9.86. The number of hydrazone groups is 1. The van der Waals surface area contributed by atoms with Gasteiger partial charge in [-0.05, 0) is 12.8 Å². The zero-order valence-electron chi connectivity index (χ0n) is 12.4. The minimum absolute atomic E-state index is 0.000406. The molecule has 0 heterocycles. The van der Waals surface area contributed by atoms with Gasteiger partial charge < -0.3 is 16.7 Å². The van der Waals surface area contributed by atoms with Gasteiger partial charge in [-0.25, -0.2) is 9.79 Å². The lowest BCUT2D eigenvalue weighted by Gasteiger charge is -2.22. The Labute approximate surface area is 125 Å². The fourth-order valence-corrected chi connectivity index (χ4v) is 4.55. The predicted molar refractivity (Wildman–Crippen MR) is 88.5 cm³/mol. The van der Waals surface area contributed by atoms with Crippen molar-refractivity contribution >= 4 is 30.9 Å². The highest BCUT2D eigenvalue weighted by atomic mass is 28.3. The lowest BCUT2D eigenvalue weighted by atomic mass is 10.2. The number of hydrogen-bond acceptors (Lipinski definition) is 3. The topological polar surface area (TPSA) is 114 Å². The molecule has 0 fully saturated rings. The highest BCUT2D eigenvalue weighted by Crippen LogP contribution is 2.14. The van der Waals surface area contributed by atoms with Crippen LogP contribution in [0.25, 0.3) is 0 Å². The van der Waals surface area contributed by atoms with Gasteiger partial charge in [-0.3, -0.25) is 0 Å². The lowest BCUT2D eigenvalue weighted by molar-refractivity contribution is -0.129. The molecule has 0 saturated carbocycles. The summed E-state index contributed by atoms with van der Waals surface area (Å²) < 4.78 is 0. The van der Waals surface area contributed by atoms with Gasteiger partial charge in [0.2, 0.25) is 5.96 Å². The third kappa shape index (κ3) is 5.39. The number of carboxylic acids is 1. The van der Waals surface area contributed by atoms with E-state index in [9.17, 15) is 4.79 Å². The molecule has 0 aliphatic rings. The Kier molecular flexibility index (Phi) is 6.10. The number of nitrogens with two attached hydrogens (primary N) is 2. The molecule has 5 N–H and O–H groups in total. The van der Waals surface area contributed by atoms with Crippen molar-refractivity contribution in [3.05, 3.63) is 30.3 Å². The molecule has 7 heteroatoms. The molecule has 0 aromatic heterocycles. The molecule has 0 unspecified atom stereocenters. The van der Waals surface area contributed by atoms with E-state index in [2.05, 4.69) is 35.3 Å². The van der Waals surface area contributed by atoms with Gasteiger partial charge in [0.1, 0.15) is 5.71 Å². The van der Waals surface area contributed by atoms with Crippen LogP contribution in [0.3, 0.4) is 0 Å². The third-order valence-corrected chi connectivity index (χ3v) is 6.90. The summed E-state index contributed by atoms with van der Waals surface area (Å²) in [7, 11) is -1.56. The Bertz CT molecular complexity index is 541. The van der Waals surface area contributed by atoms with Gasteiger partial charge in [0.15, 0.2) is 0 Å². The summed E-state index contributed by atoms with van der Waals surface area (Å²) in [5.41, 5.74) is 5.34. The molecule has 0 aliphatic heterocycles. The molecule has 0 bridgehead atoms. The van der Waals surface area contributed by atoms with Crippen LogP contribution in [0.2, 0.25) is 19.1 Å². The van der Waals surface area contributed by atoms with Crippen molar-refractivity contribution in [2.24, 2.45) is 21.7 Å². The van der Waals surface area contributed by atoms with Crippen molar-refractivity contribution in [2.45, 2.75) is 32.0 Å². The van der Waals surface area contributed by atoms with E-state index in [1.165, 1.54) is 5.19 Å². The molecular weight excluding hydrogens is 284 g/mol. The van der Waals surface area contributed by atoms with Gasteiger partial charge in [-0.1, -0.05) is 54.7 Å². The fourth-order valence-electron chi connectivity index (χ4n) is 2.11. The molecule has 0 radical (unpaired) electrons. The molecule has 0 saturated heterocycles. The SMILES string of the molecule is C[Si](C)(CCCC(=NC(N)=NN)C(=O)O)c1ccccc1. The number of hydrogen-bond donors (Lipinski definition) is 3. The summed E-state index contributed by atoms with van der Waals surface area (Å²) in [5, 5.41) is 13.6. The van der Waals surface area contributed by atoms with E-state index in [4.69, 9.17) is 16.7 Å². The van der Waals surface area contributed by atoms with E-state index < -0.39 is 14.0 Å². The highest BCUT2D eigenvalue weighted by Gasteiger charge is 2.23. The maximum absolute atomic E-state index is 11.1. The number of carboxylic acid groups (broad SMARTS) is 1. The maximum atomic E-state index is 11.1.